The summed E-state index contributed by atoms with van der Waals surface area (Å²) in [5.41, 5.74) is 0.0499. The fourth-order valence-corrected chi connectivity index (χ4v) is 4.09. The van der Waals surface area contributed by atoms with Crippen LogP contribution in [0.15, 0.2) is 12.1 Å². The van der Waals surface area contributed by atoms with Crippen molar-refractivity contribution in [2.45, 2.75) is 52.4 Å². The lowest BCUT2D eigenvalue weighted by Crippen LogP contribution is -2.38. The van der Waals surface area contributed by atoms with Gasteiger partial charge in [0.05, 0.1) is 0 Å². The van der Waals surface area contributed by atoms with Gasteiger partial charge in [-0.15, -0.1) is 11.3 Å². The zero-order valence-corrected chi connectivity index (χ0v) is 14.1. The smallest absolute Gasteiger partial charge is 0.223 e. The minimum Gasteiger partial charge on any atom is -0.396 e. The number of aryl methyl sites for hydroxylation is 1. The van der Waals surface area contributed by atoms with Gasteiger partial charge in [-0.2, -0.15) is 0 Å². The standard InChI is InChI=1S/C17H27NO2S/c1-4-17(5-2,8-9-19)11-18-16(20)14-10-13(14)15-7-6-12(3)21-15/h6-7,13-14,19H,4-5,8-11H2,1-3H3,(H,18,20). The molecule has 0 aliphatic heterocycles. The Bertz CT molecular complexity index is 479. The van der Waals surface area contributed by atoms with Gasteiger partial charge in [0.15, 0.2) is 0 Å². The average Bonchev–Trinajstić information content (AvgIpc) is 3.18. The van der Waals surface area contributed by atoms with Gasteiger partial charge >= 0.3 is 0 Å². The zero-order chi connectivity index (χ0) is 15.5. The summed E-state index contributed by atoms with van der Waals surface area (Å²) in [5.74, 6) is 0.776. The first-order chi connectivity index (χ1) is 10.0. The Balaban J connectivity index is 1.85. The third-order valence-electron chi connectivity index (χ3n) is 5.03. The third kappa shape index (κ3) is 3.86. The van der Waals surface area contributed by atoms with Gasteiger partial charge in [0.1, 0.15) is 0 Å². The highest BCUT2D eigenvalue weighted by Gasteiger charge is 2.45. The van der Waals surface area contributed by atoms with Crippen molar-refractivity contribution in [1.82, 2.24) is 5.32 Å². The van der Waals surface area contributed by atoms with E-state index >= 15 is 0 Å². The molecule has 2 N–H and O–H groups in total. The van der Waals surface area contributed by atoms with E-state index in [1.807, 2.05) is 11.3 Å². The molecule has 1 saturated carbocycles. The first-order valence-electron chi connectivity index (χ1n) is 8.00. The summed E-state index contributed by atoms with van der Waals surface area (Å²) in [6.07, 6.45) is 3.72. The van der Waals surface area contributed by atoms with Gasteiger partial charge in [-0.3, -0.25) is 4.79 Å². The van der Waals surface area contributed by atoms with Crippen LogP contribution in [-0.4, -0.2) is 24.2 Å². The number of nitrogens with one attached hydrogen (secondary N) is 1. The number of carbonyl (C=O) groups excluding carboxylic acids is 1. The van der Waals surface area contributed by atoms with E-state index in [1.165, 1.54) is 9.75 Å². The van der Waals surface area contributed by atoms with E-state index in [0.29, 0.717) is 12.5 Å². The van der Waals surface area contributed by atoms with Crippen molar-refractivity contribution < 1.29 is 9.90 Å². The van der Waals surface area contributed by atoms with Gasteiger partial charge in [0.2, 0.25) is 5.91 Å². The number of thiophene rings is 1. The van der Waals surface area contributed by atoms with Gasteiger partial charge in [-0.05, 0) is 50.2 Å². The van der Waals surface area contributed by atoms with Crippen molar-refractivity contribution in [2.75, 3.05) is 13.2 Å². The van der Waals surface area contributed by atoms with E-state index in [2.05, 4.69) is 38.2 Å². The van der Waals surface area contributed by atoms with Crippen LogP contribution in [0.4, 0.5) is 0 Å². The molecular formula is C17H27NO2S. The molecule has 2 rings (SSSR count). The molecule has 3 nitrogen and oxygen atoms in total. The van der Waals surface area contributed by atoms with Crippen molar-refractivity contribution in [3.05, 3.63) is 21.9 Å². The summed E-state index contributed by atoms with van der Waals surface area (Å²) < 4.78 is 0. The molecular weight excluding hydrogens is 282 g/mol. The maximum absolute atomic E-state index is 12.3. The van der Waals surface area contributed by atoms with Crippen molar-refractivity contribution >= 4 is 17.2 Å². The van der Waals surface area contributed by atoms with Gasteiger partial charge in [0.25, 0.3) is 0 Å². The van der Waals surface area contributed by atoms with Crippen LogP contribution in [0, 0.1) is 18.3 Å². The molecule has 0 radical (unpaired) electrons. The first-order valence-corrected chi connectivity index (χ1v) is 8.81. The lowest BCUT2D eigenvalue weighted by Gasteiger charge is -2.31. The summed E-state index contributed by atoms with van der Waals surface area (Å²) in [7, 11) is 0. The summed E-state index contributed by atoms with van der Waals surface area (Å²) in [5, 5.41) is 12.4. The maximum atomic E-state index is 12.3. The molecule has 118 valence electrons. The van der Waals surface area contributed by atoms with E-state index < -0.39 is 0 Å². The summed E-state index contributed by atoms with van der Waals surface area (Å²) in [6, 6.07) is 4.29. The summed E-state index contributed by atoms with van der Waals surface area (Å²) in [6.45, 7) is 7.26. The van der Waals surface area contributed by atoms with Crippen molar-refractivity contribution in [1.29, 1.82) is 0 Å². The van der Waals surface area contributed by atoms with Gasteiger partial charge in [0, 0.05) is 34.7 Å². The second kappa shape index (κ2) is 6.93. The minimum absolute atomic E-state index is 0.0499. The van der Waals surface area contributed by atoms with E-state index in [9.17, 15) is 9.90 Å². The normalized spacial score (nSPS) is 21.3. The Morgan fingerprint density at radius 2 is 2.14 bits per heavy atom. The number of aliphatic hydroxyl groups is 1. The molecule has 0 saturated heterocycles. The van der Waals surface area contributed by atoms with E-state index in [4.69, 9.17) is 0 Å². The predicted octanol–water partition coefficient (Wildman–Crippen LogP) is 3.47. The van der Waals surface area contributed by atoms with Crippen LogP contribution in [0.5, 0.6) is 0 Å². The lowest BCUT2D eigenvalue weighted by molar-refractivity contribution is -0.123. The van der Waals surface area contributed by atoms with Crippen LogP contribution in [0.2, 0.25) is 0 Å². The fraction of sp³-hybridized carbons (Fsp3) is 0.706. The van der Waals surface area contributed by atoms with Crippen LogP contribution in [0.1, 0.15) is 55.2 Å². The molecule has 1 aromatic rings. The highest BCUT2D eigenvalue weighted by Crippen LogP contribution is 2.49. The van der Waals surface area contributed by atoms with Crippen molar-refractivity contribution in [2.24, 2.45) is 11.3 Å². The van der Waals surface area contributed by atoms with Crippen molar-refractivity contribution in [3.8, 4) is 0 Å². The number of hydrogen-bond acceptors (Lipinski definition) is 3. The van der Waals surface area contributed by atoms with Crippen molar-refractivity contribution in [3.63, 3.8) is 0 Å². The van der Waals surface area contributed by atoms with Crippen LogP contribution in [0.25, 0.3) is 0 Å². The molecule has 0 aromatic carbocycles. The molecule has 0 bridgehead atoms. The summed E-state index contributed by atoms with van der Waals surface area (Å²) in [4.78, 5) is 15.0. The van der Waals surface area contributed by atoms with E-state index in [1.54, 1.807) is 0 Å². The molecule has 2 atom stereocenters. The largest absolute Gasteiger partial charge is 0.396 e. The first kappa shape index (κ1) is 16.5. The Kier molecular flexibility index (Phi) is 5.44. The molecule has 1 fully saturated rings. The molecule has 21 heavy (non-hydrogen) atoms. The Morgan fingerprint density at radius 3 is 2.67 bits per heavy atom. The molecule has 0 spiro atoms. The number of amides is 1. The molecule has 1 heterocycles. The molecule has 1 aliphatic carbocycles. The summed E-state index contributed by atoms with van der Waals surface area (Å²) >= 11 is 1.81. The Hall–Kier alpha value is -0.870. The third-order valence-corrected chi connectivity index (χ3v) is 6.17. The second-order valence-corrected chi connectivity index (χ2v) is 7.62. The van der Waals surface area contributed by atoms with Crippen LogP contribution in [-0.2, 0) is 4.79 Å². The van der Waals surface area contributed by atoms with Gasteiger partial charge in [-0.25, -0.2) is 0 Å². The highest BCUT2D eigenvalue weighted by atomic mass is 32.1. The fourth-order valence-electron chi connectivity index (χ4n) is 3.04. The Morgan fingerprint density at radius 1 is 1.43 bits per heavy atom. The van der Waals surface area contributed by atoms with Crippen LogP contribution < -0.4 is 5.32 Å². The average molecular weight is 309 g/mol. The second-order valence-electron chi connectivity index (χ2n) is 6.30. The zero-order valence-electron chi connectivity index (χ0n) is 13.3. The molecule has 4 heteroatoms. The molecule has 1 aromatic heterocycles. The maximum Gasteiger partial charge on any atom is 0.223 e. The minimum atomic E-state index is 0.0499. The number of hydrogen-bond donors (Lipinski definition) is 2. The lowest BCUT2D eigenvalue weighted by atomic mass is 9.79. The quantitative estimate of drug-likeness (QED) is 0.772. The van der Waals surface area contributed by atoms with E-state index in [-0.39, 0.29) is 23.8 Å². The monoisotopic (exact) mass is 309 g/mol. The SMILES string of the molecule is CCC(CC)(CCO)CNC(=O)C1CC1c1ccc(C)s1. The van der Waals surface area contributed by atoms with Gasteiger partial charge in [-0.1, -0.05) is 13.8 Å². The highest BCUT2D eigenvalue weighted by molar-refractivity contribution is 7.12. The van der Waals surface area contributed by atoms with Crippen LogP contribution in [0.3, 0.4) is 0 Å². The molecule has 1 aliphatic rings. The topological polar surface area (TPSA) is 49.3 Å². The van der Waals surface area contributed by atoms with E-state index in [0.717, 1.165) is 25.7 Å². The van der Waals surface area contributed by atoms with Gasteiger partial charge < -0.3 is 10.4 Å². The number of aliphatic hydroxyl groups excluding tert-OH is 1. The number of carbonyl (C=O) groups is 1. The Labute approximate surface area is 131 Å². The predicted molar refractivity (Wildman–Crippen MR) is 87.6 cm³/mol. The van der Waals surface area contributed by atoms with Crippen LogP contribution >= 0.6 is 11.3 Å². The molecule has 2 unspecified atom stereocenters. The number of rotatable bonds is 8. The molecule has 1 amide bonds.